The topological polar surface area (TPSA) is 82.2 Å². The zero-order valence-corrected chi connectivity index (χ0v) is 16.0. The quantitative estimate of drug-likeness (QED) is 0.666. The number of benzene rings is 2. The lowest BCUT2D eigenvalue weighted by Gasteiger charge is -2.14. The van der Waals surface area contributed by atoms with Crippen molar-refractivity contribution >= 4 is 36.1 Å². The van der Waals surface area contributed by atoms with Crippen LogP contribution in [0.3, 0.4) is 0 Å². The number of rotatable bonds is 6. The monoisotopic (exact) mass is 382 g/mol. The van der Waals surface area contributed by atoms with Crippen LogP contribution in [0.15, 0.2) is 65.6 Å². The van der Waals surface area contributed by atoms with Crippen molar-refractivity contribution in [2.75, 3.05) is 0 Å². The molecule has 5 nitrogen and oxygen atoms in total. The molecule has 0 bridgehead atoms. The Labute approximate surface area is 164 Å². The highest BCUT2D eigenvalue weighted by Gasteiger charge is 2.20. The Morgan fingerprint density at radius 1 is 1.04 bits per heavy atom. The van der Waals surface area contributed by atoms with Crippen LogP contribution in [0.5, 0.6) is 0 Å². The van der Waals surface area contributed by atoms with Gasteiger partial charge in [0.15, 0.2) is 11.2 Å². The molecule has 1 heterocycles. The van der Waals surface area contributed by atoms with Crippen LogP contribution in [0.1, 0.15) is 29.3 Å². The summed E-state index contributed by atoms with van der Waals surface area (Å²) in [5.41, 5.74) is 6.85. The van der Waals surface area contributed by atoms with Gasteiger partial charge in [-0.15, -0.1) is 0 Å². The molecule has 0 aliphatic rings. The van der Waals surface area contributed by atoms with Crippen LogP contribution in [-0.4, -0.2) is 16.3 Å². The van der Waals surface area contributed by atoms with Gasteiger partial charge in [-0.05, 0) is 17.7 Å². The molecule has 27 heavy (non-hydrogen) atoms. The number of pyridine rings is 1. The first kappa shape index (κ1) is 20.5. The van der Waals surface area contributed by atoms with Crippen molar-refractivity contribution < 1.29 is 9.59 Å². The molecule has 0 aliphatic carbocycles. The summed E-state index contributed by atoms with van der Waals surface area (Å²) >= 11 is 0. The molecule has 3 rings (SSSR count). The number of para-hydroxylation sites is 1. The SMILES string of the molecule is C[C@H](CC(=O)c1cn(Cc2ccccc2)c2ccccc2c1=O)C(N)=O.S. The maximum Gasteiger partial charge on any atom is 0.220 e. The Bertz CT molecular complexity index is 1030. The molecule has 0 radical (unpaired) electrons. The predicted octanol–water partition coefficient (Wildman–Crippen LogP) is 2.86. The maximum absolute atomic E-state index is 12.8. The summed E-state index contributed by atoms with van der Waals surface area (Å²) in [5.74, 6) is -1.53. The van der Waals surface area contributed by atoms with E-state index in [1.165, 1.54) is 0 Å². The van der Waals surface area contributed by atoms with Crippen LogP contribution in [0.25, 0.3) is 10.9 Å². The fourth-order valence-corrected chi connectivity index (χ4v) is 2.94. The molecule has 2 N–H and O–H groups in total. The van der Waals surface area contributed by atoms with Gasteiger partial charge in [-0.1, -0.05) is 49.4 Å². The Morgan fingerprint density at radius 3 is 2.33 bits per heavy atom. The van der Waals surface area contributed by atoms with Gasteiger partial charge >= 0.3 is 0 Å². The molecular formula is C21H22N2O3S. The molecule has 0 saturated heterocycles. The number of aromatic nitrogens is 1. The molecule has 140 valence electrons. The Kier molecular flexibility index (Phi) is 6.58. The smallest absolute Gasteiger partial charge is 0.220 e. The lowest BCUT2D eigenvalue weighted by molar-refractivity contribution is -0.121. The van der Waals surface area contributed by atoms with Crippen molar-refractivity contribution in [3.8, 4) is 0 Å². The molecular weight excluding hydrogens is 360 g/mol. The van der Waals surface area contributed by atoms with E-state index in [-0.39, 0.29) is 36.7 Å². The zero-order valence-electron chi connectivity index (χ0n) is 15.0. The second-order valence-electron chi connectivity index (χ2n) is 6.43. The third-order valence-corrected chi connectivity index (χ3v) is 4.46. The van der Waals surface area contributed by atoms with E-state index < -0.39 is 11.8 Å². The van der Waals surface area contributed by atoms with Gasteiger partial charge in [0.1, 0.15) is 0 Å². The number of nitrogens with zero attached hydrogens (tertiary/aromatic N) is 1. The largest absolute Gasteiger partial charge is 0.369 e. The first-order chi connectivity index (χ1) is 12.5. The third-order valence-electron chi connectivity index (χ3n) is 4.46. The normalized spacial score (nSPS) is 11.6. The highest BCUT2D eigenvalue weighted by atomic mass is 32.1. The lowest BCUT2D eigenvalue weighted by Crippen LogP contribution is -2.26. The fourth-order valence-electron chi connectivity index (χ4n) is 2.94. The van der Waals surface area contributed by atoms with Crippen molar-refractivity contribution in [2.24, 2.45) is 11.7 Å². The average molecular weight is 382 g/mol. The van der Waals surface area contributed by atoms with E-state index in [0.717, 1.165) is 11.1 Å². The number of nitrogens with two attached hydrogens (primary N) is 1. The standard InChI is InChI=1S/C21H20N2O3.H2S/c1-14(21(22)26)11-19(24)17-13-23(12-15-7-3-2-4-8-15)18-10-6-5-9-16(18)20(17)25;/h2-10,13-14H,11-12H2,1H3,(H2,22,26);1H2/t14-;/m1./s1. The molecule has 1 amide bonds. The molecule has 0 spiro atoms. The highest BCUT2D eigenvalue weighted by molar-refractivity contribution is 7.59. The molecule has 0 fully saturated rings. The van der Waals surface area contributed by atoms with Crippen LogP contribution >= 0.6 is 13.5 Å². The first-order valence-corrected chi connectivity index (χ1v) is 8.46. The van der Waals surface area contributed by atoms with Crippen LogP contribution in [-0.2, 0) is 11.3 Å². The van der Waals surface area contributed by atoms with Gasteiger partial charge in [0, 0.05) is 30.5 Å². The summed E-state index contributed by atoms with van der Waals surface area (Å²) in [5, 5.41) is 0.487. The van der Waals surface area contributed by atoms with E-state index in [1.807, 2.05) is 47.0 Å². The van der Waals surface area contributed by atoms with Crippen LogP contribution < -0.4 is 11.2 Å². The maximum atomic E-state index is 12.8. The lowest BCUT2D eigenvalue weighted by atomic mass is 9.98. The number of carbonyl (C=O) groups is 2. The fraction of sp³-hybridized carbons (Fsp3) is 0.190. The summed E-state index contributed by atoms with van der Waals surface area (Å²) in [6, 6.07) is 17.0. The second kappa shape index (κ2) is 8.68. The summed E-state index contributed by atoms with van der Waals surface area (Å²) < 4.78 is 1.90. The number of Topliss-reactive ketones (excluding diaryl/α,β-unsaturated/α-hetero) is 1. The molecule has 0 unspecified atom stereocenters. The van der Waals surface area contributed by atoms with Gasteiger partial charge in [-0.3, -0.25) is 14.4 Å². The zero-order chi connectivity index (χ0) is 18.7. The number of amides is 1. The van der Waals surface area contributed by atoms with Crippen LogP contribution in [0.2, 0.25) is 0 Å². The second-order valence-corrected chi connectivity index (χ2v) is 6.43. The number of fused-ring (bicyclic) bond motifs is 1. The van der Waals surface area contributed by atoms with Gasteiger partial charge < -0.3 is 10.3 Å². The van der Waals surface area contributed by atoms with Gasteiger partial charge in [-0.25, -0.2) is 0 Å². The van der Waals surface area contributed by atoms with E-state index in [4.69, 9.17) is 5.73 Å². The minimum absolute atomic E-state index is 0. The summed E-state index contributed by atoms with van der Waals surface area (Å²) in [4.78, 5) is 36.6. The number of carbonyl (C=O) groups excluding carboxylic acids is 2. The Morgan fingerprint density at radius 2 is 1.67 bits per heavy atom. The highest BCUT2D eigenvalue weighted by Crippen LogP contribution is 2.16. The van der Waals surface area contributed by atoms with Crippen molar-refractivity contribution in [3.63, 3.8) is 0 Å². The van der Waals surface area contributed by atoms with Crippen LogP contribution in [0, 0.1) is 5.92 Å². The summed E-state index contributed by atoms with van der Waals surface area (Å²) in [7, 11) is 0. The van der Waals surface area contributed by atoms with E-state index in [2.05, 4.69) is 0 Å². The third kappa shape index (κ3) is 4.46. The molecule has 2 aromatic carbocycles. The van der Waals surface area contributed by atoms with E-state index in [0.29, 0.717) is 11.9 Å². The number of hydrogen-bond acceptors (Lipinski definition) is 3. The minimum atomic E-state index is -0.615. The summed E-state index contributed by atoms with van der Waals surface area (Å²) in [6.45, 7) is 2.12. The molecule has 0 aliphatic heterocycles. The van der Waals surface area contributed by atoms with Gasteiger partial charge in [-0.2, -0.15) is 13.5 Å². The van der Waals surface area contributed by atoms with Crippen LogP contribution in [0.4, 0.5) is 0 Å². The number of primary amides is 1. The van der Waals surface area contributed by atoms with E-state index in [9.17, 15) is 14.4 Å². The average Bonchev–Trinajstić information content (AvgIpc) is 2.64. The van der Waals surface area contributed by atoms with Crippen molar-refractivity contribution in [1.82, 2.24) is 4.57 Å². The van der Waals surface area contributed by atoms with E-state index >= 15 is 0 Å². The van der Waals surface area contributed by atoms with Gasteiger partial charge in [0.25, 0.3) is 0 Å². The molecule has 1 aromatic heterocycles. The predicted molar refractivity (Wildman–Crippen MR) is 111 cm³/mol. The van der Waals surface area contributed by atoms with Crippen molar-refractivity contribution in [1.29, 1.82) is 0 Å². The van der Waals surface area contributed by atoms with Gasteiger partial charge in [0.2, 0.25) is 5.91 Å². The first-order valence-electron chi connectivity index (χ1n) is 8.46. The molecule has 0 saturated carbocycles. The Hall–Kier alpha value is -2.86. The number of hydrogen-bond donors (Lipinski definition) is 1. The number of ketones is 1. The molecule has 3 aromatic rings. The minimum Gasteiger partial charge on any atom is -0.369 e. The molecule has 6 heteroatoms. The van der Waals surface area contributed by atoms with E-state index in [1.54, 1.807) is 25.3 Å². The Balaban J connectivity index is 0.00000261. The van der Waals surface area contributed by atoms with Gasteiger partial charge in [0.05, 0.1) is 11.1 Å². The van der Waals surface area contributed by atoms with Crippen molar-refractivity contribution in [2.45, 2.75) is 19.9 Å². The van der Waals surface area contributed by atoms with Crippen molar-refractivity contribution in [3.05, 3.63) is 82.1 Å². The summed E-state index contributed by atoms with van der Waals surface area (Å²) in [6.07, 6.45) is 1.52. The molecule has 1 atom stereocenters.